The minimum Gasteiger partial charge on any atom is -0.466 e. The lowest BCUT2D eigenvalue weighted by atomic mass is 9.44. The minimum absolute atomic E-state index is 0.0276. The van der Waals surface area contributed by atoms with Gasteiger partial charge in [-0.2, -0.15) is 0 Å². The number of hydrogen-bond donors (Lipinski definition) is 0. The number of epoxide rings is 1. The van der Waals surface area contributed by atoms with Gasteiger partial charge >= 0.3 is 23.9 Å². The quantitative estimate of drug-likeness (QED) is 0.211. The second-order valence-corrected chi connectivity index (χ2v) is 14.5. The first-order chi connectivity index (χ1) is 21.7. The first kappa shape index (κ1) is 34.3. The maximum absolute atomic E-state index is 13.7. The van der Waals surface area contributed by atoms with Crippen LogP contribution in [0.5, 0.6) is 0 Å². The van der Waals surface area contributed by atoms with Crippen molar-refractivity contribution in [2.75, 3.05) is 19.8 Å². The summed E-state index contributed by atoms with van der Waals surface area (Å²) in [5.41, 5.74) is 0.120. The zero-order chi connectivity index (χ0) is 33.6. The van der Waals surface area contributed by atoms with Crippen LogP contribution in [-0.4, -0.2) is 67.3 Å². The number of ether oxygens (including phenoxy) is 5. The van der Waals surface area contributed by atoms with E-state index in [0.717, 1.165) is 37.7 Å². The minimum atomic E-state index is -0.800. The molecule has 46 heavy (non-hydrogen) atoms. The van der Waals surface area contributed by atoms with E-state index in [4.69, 9.17) is 18.9 Å². The van der Waals surface area contributed by atoms with E-state index in [-0.39, 0.29) is 66.4 Å². The van der Waals surface area contributed by atoms with Gasteiger partial charge in [-0.25, -0.2) is 4.79 Å². The molecule has 6 aliphatic rings. The van der Waals surface area contributed by atoms with Crippen LogP contribution in [0.4, 0.5) is 0 Å². The normalized spacial score (nSPS) is 39.3. The maximum atomic E-state index is 13.7. The van der Waals surface area contributed by atoms with E-state index < -0.39 is 17.0 Å². The van der Waals surface area contributed by atoms with E-state index in [1.807, 2.05) is 13.0 Å². The van der Waals surface area contributed by atoms with Crippen molar-refractivity contribution in [2.24, 2.45) is 40.4 Å². The van der Waals surface area contributed by atoms with Crippen LogP contribution in [0, 0.1) is 40.4 Å². The highest BCUT2D eigenvalue weighted by Gasteiger charge is 2.79. The van der Waals surface area contributed by atoms with Gasteiger partial charge in [0, 0.05) is 27.2 Å². The standard InChI is InChI=1S/C32H42O8.C4H8O2/c1-17-13-26(39-29(36)22(17)15-37-19(3)33)18(2)23-8-9-24-21-14-28-32(40-28)11-6-7-27(35)31(32,16-38-20(4)34)25(21)10-12-30(23,24)5;1-3-6-4(2)5/h6-7,18,21,23-26,28H,8-16H2,1-5H3;3H2,1-2H3/t18-,21-,23+,24-,25-,26+,28+,30+,31-,32+;/m0./s1. The Bertz CT molecular complexity index is 1330. The van der Waals surface area contributed by atoms with Crippen molar-refractivity contribution in [3.63, 3.8) is 0 Å². The van der Waals surface area contributed by atoms with E-state index >= 15 is 0 Å². The average Bonchev–Trinajstić information content (AvgIpc) is 3.56. The summed E-state index contributed by atoms with van der Waals surface area (Å²) < 4.78 is 27.5. The molecule has 2 heterocycles. The zero-order valence-electron chi connectivity index (χ0n) is 28.3. The summed E-state index contributed by atoms with van der Waals surface area (Å²) in [4.78, 5) is 59.6. The van der Waals surface area contributed by atoms with Gasteiger partial charge in [0.05, 0.1) is 18.3 Å². The zero-order valence-corrected chi connectivity index (χ0v) is 28.3. The summed E-state index contributed by atoms with van der Waals surface area (Å²) in [6.07, 6.45) is 9.78. The molecule has 2 aliphatic heterocycles. The second-order valence-electron chi connectivity index (χ2n) is 14.5. The fourth-order valence-electron chi connectivity index (χ4n) is 10.3. The summed E-state index contributed by atoms with van der Waals surface area (Å²) >= 11 is 0. The fourth-order valence-corrected chi connectivity index (χ4v) is 10.3. The summed E-state index contributed by atoms with van der Waals surface area (Å²) in [7, 11) is 0. The molecule has 0 amide bonds. The first-order valence-corrected chi connectivity index (χ1v) is 16.9. The van der Waals surface area contributed by atoms with E-state index in [9.17, 15) is 24.0 Å². The van der Waals surface area contributed by atoms with Gasteiger partial charge in [-0.3, -0.25) is 19.2 Å². The number of carbonyl (C=O) groups excluding carboxylic acids is 5. The van der Waals surface area contributed by atoms with Crippen LogP contribution >= 0.6 is 0 Å². The number of fused-ring (bicyclic) bond motifs is 4. The van der Waals surface area contributed by atoms with E-state index in [1.165, 1.54) is 20.8 Å². The Morgan fingerprint density at radius 1 is 1.00 bits per heavy atom. The molecular formula is C36H50O10. The smallest absolute Gasteiger partial charge is 0.337 e. The third-order valence-electron chi connectivity index (χ3n) is 12.3. The summed E-state index contributed by atoms with van der Waals surface area (Å²) in [5.74, 6) is 0.143. The van der Waals surface area contributed by atoms with Crippen molar-refractivity contribution >= 4 is 29.7 Å². The summed E-state index contributed by atoms with van der Waals surface area (Å²) in [6, 6.07) is 0. The Balaban J connectivity index is 0.000000635. The molecule has 4 fully saturated rings. The highest BCUT2D eigenvalue weighted by molar-refractivity contribution is 5.98. The molecule has 0 aromatic rings. The number of ketones is 1. The molecule has 254 valence electrons. The van der Waals surface area contributed by atoms with Crippen molar-refractivity contribution in [2.45, 2.75) is 111 Å². The van der Waals surface area contributed by atoms with Crippen molar-refractivity contribution < 1.29 is 47.7 Å². The predicted octanol–water partition coefficient (Wildman–Crippen LogP) is 5.07. The molecular weight excluding hydrogens is 592 g/mol. The molecule has 4 aliphatic carbocycles. The average molecular weight is 643 g/mol. The van der Waals surface area contributed by atoms with Gasteiger partial charge in [-0.15, -0.1) is 0 Å². The molecule has 0 unspecified atom stereocenters. The van der Waals surface area contributed by atoms with E-state index in [0.29, 0.717) is 42.8 Å². The van der Waals surface area contributed by atoms with Crippen LogP contribution in [0.2, 0.25) is 0 Å². The van der Waals surface area contributed by atoms with Crippen molar-refractivity contribution in [3.8, 4) is 0 Å². The molecule has 10 nitrogen and oxygen atoms in total. The van der Waals surface area contributed by atoms with Gasteiger partial charge in [0.15, 0.2) is 5.78 Å². The Hall–Kier alpha value is -3.01. The van der Waals surface area contributed by atoms with Crippen LogP contribution in [0.3, 0.4) is 0 Å². The number of hydrogen-bond acceptors (Lipinski definition) is 10. The number of cyclic esters (lactones) is 1. The molecule has 6 rings (SSSR count). The lowest BCUT2D eigenvalue weighted by Gasteiger charge is -2.58. The van der Waals surface area contributed by atoms with Crippen LogP contribution in [-0.2, 0) is 47.7 Å². The van der Waals surface area contributed by atoms with Gasteiger partial charge in [-0.1, -0.05) is 25.5 Å². The largest absolute Gasteiger partial charge is 0.466 e. The van der Waals surface area contributed by atoms with Crippen LogP contribution in [0.15, 0.2) is 23.3 Å². The van der Waals surface area contributed by atoms with Crippen LogP contribution in [0.25, 0.3) is 0 Å². The van der Waals surface area contributed by atoms with Crippen LogP contribution < -0.4 is 0 Å². The fraction of sp³-hybridized carbons (Fsp3) is 0.750. The van der Waals surface area contributed by atoms with Crippen molar-refractivity contribution in [1.82, 2.24) is 0 Å². The van der Waals surface area contributed by atoms with Crippen molar-refractivity contribution in [1.29, 1.82) is 0 Å². The number of allylic oxidation sites excluding steroid dienone is 1. The number of rotatable bonds is 7. The Labute approximate surface area is 271 Å². The molecule has 1 spiro atoms. The van der Waals surface area contributed by atoms with Gasteiger partial charge < -0.3 is 23.7 Å². The third kappa shape index (κ3) is 5.73. The molecule has 3 saturated carbocycles. The van der Waals surface area contributed by atoms with Crippen LogP contribution in [0.1, 0.15) is 93.4 Å². The lowest BCUT2D eigenvalue weighted by Crippen LogP contribution is -2.63. The molecule has 0 aromatic heterocycles. The van der Waals surface area contributed by atoms with Gasteiger partial charge in [-0.05, 0) is 93.5 Å². The molecule has 0 radical (unpaired) electrons. The molecule has 0 bridgehead atoms. The maximum Gasteiger partial charge on any atom is 0.337 e. The molecule has 0 N–H and O–H groups in total. The third-order valence-corrected chi connectivity index (χ3v) is 12.3. The van der Waals surface area contributed by atoms with Gasteiger partial charge in [0.25, 0.3) is 0 Å². The molecule has 10 atom stereocenters. The molecule has 1 saturated heterocycles. The Morgan fingerprint density at radius 3 is 2.30 bits per heavy atom. The molecule has 0 aromatic carbocycles. The van der Waals surface area contributed by atoms with E-state index in [1.54, 1.807) is 13.0 Å². The summed E-state index contributed by atoms with van der Waals surface area (Å²) in [6.45, 7) is 13.0. The Morgan fingerprint density at radius 2 is 1.70 bits per heavy atom. The monoisotopic (exact) mass is 642 g/mol. The first-order valence-electron chi connectivity index (χ1n) is 16.9. The van der Waals surface area contributed by atoms with Gasteiger partial charge in [0.1, 0.15) is 30.3 Å². The van der Waals surface area contributed by atoms with Crippen molar-refractivity contribution in [3.05, 3.63) is 23.3 Å². The SMILES string of the molecule is CC(=O)OCC1=C(C)C[C@H]([C@@H](C)[C@H]2CC[C@H]3[C@@H]4C[C@H]5O[C@]56CC=CC(=O)[C@]6(COC(C)=O)[C@H]4CC[C@]23C)OC1=O.CCOC(C)=O. The van der Waals surface area contributed by atoms with E-state index in [2.05, 4.69) is 18.6 Å². The second kappa shape index (κ2) is 12.9. The lowest BCUT2D eigenvalue weighted by molar-refractivity contribution is -0.167. The predicted molar refractivity (Wildman–Crippen MR) is 166 cm³/mol. The highest BCUT2D eigenvalue weighted by atomic mass is 16.6. The van der Waals surface area contributed by atoms with Gasteiger partial charge in [0.2, 0.25) is 0 Å². The number of esters is 4. The number of carbonyl (C=O) groups is 5. The summed E-state index contributed by atoms with van der Waals surface area (Å²) in [5, 5.41) is 0. The Kier molecular flexibility index (Phi) is 9.62. The molecule has 10 heteroatoms. The highest BCUT2D eigenvalue weighted by Crippen LogP contribution is 2.73. The topological polar surface area (TPSA) is 135 Å².